The van der Waals surface area contributed by atoms with E-state index in [0.717, 1.165) is 14.0 Å². The third kappa shape index (κ3) is 2.43. The Hall–Kier alpha value is -2.43. The van der Waals surface area contributed by atoms with Crippen LogP contribution in [0.2, 0.25) is 0 Å². The van der Waals surface area contributed by atoms with Crippen molar-refractivity contribution in [1.29, 1.82) is 0 Å². The summed E-state index contributed by atoms with van der Waals surface area (Å²) in [6.07, 6.45) is 0. The minimum Gasteiger partial charge on any atom is -0.477 e. The largest absolute Gasteiger partial charge is 0.477 e. The van der Waals surface area contributed by atoms with Gasteiger partial charge in [-0.1, -0.05) is 5.16 Å². The Bertz CT molecular complexity index is 720. The van der Waals surface area contributed by atoms with Crippen LogP contribution < -0.4 is 0 Å². The number of fused-ring (bicyclic) bond motifs is 1. The predicted molar refractivity (Wildman–Crippen MR) is 70.2 cm³/mol. The van der Waals surface area contributed by atoms with Crippen molar-refractivity contribution in [3.05, 3.63) is 11.3 Å². The quantitative estimate of drug-likeness (QED) is 0.372. The van der Waals surface area contributed by atoms with Crippen molar-refractivity contribution in [2.45, 2.75) is 12.3 Å². The number of carbonyl (C=O) groups excluding carboxylic acids is 2. The number of amides is 1. The summed E-state index contributed by atoms with van der Waals surface area (Å²) in [6, 6.07) is 0. The monoisotopic (exact) mass is 332 g/mol. The van der Waals surface area contributed by atoms with Gasteiger partial charge >= 0.3 is 11.9 Å². The fourth-order valence-electron chi connectivity index (χ4n) is 2.24. The molecule has 1 fully saturated rings. The molecule has 0 bridgehead atoms. The van der Waals surface area contributed by atoms with Crippen LogP contribution in [0.5, 0.6) is 0 Å². The Kier molecular flexibility index (Phi) is 3.92. The zero-order chi connectivity index (χ0) is 16.7. The number of sulfone groups is 1. The molecule has 2 aliphatic rings. The Labute approximate surface area is 124 Å². The van der Waals surface area contributed by atoms with Gasteiger partial charge in [0.2, 0.25) is 0 Å². The third-order valence-corrected chi connectivity index (χ3v) is 4.90. The number of oxime groups is 1. The standard InChI is InChI=1S/C11H12N2O8S/c1-5(14)21-3-6-4-22(18,19)10-7(12-20-2)9(15)13(10)8(6)11(16)17/h10H,3-4H2,1-2H3,(H,16,17)/t10-/m1/s1. The second-order valence-electron chi connectivity index (χ2n) is 4.53. The van der Waals surface area contributed by atoms with Crippen LogP contribution in [0.15, 0.2) is 16.4 Å². The Balaban J connectivity index is 2.50. The van der Waals surface area contributed by atoms with Crippen LogP contribution in [-0.4, -0.2) is 66.8 Å². The molecule has 22 heavy (non-hydrogen) atoms. The van der Waals surface area contributed by atoms with Crippen LogP contribution in [0.3, 0.4) is 0 Å². The predicted octanol–water partition coefficient (Wildman–Crippen LogP) is -1.51. The topological polar surface area (TPSA) is 140 Å². The Morgan fingerprint density at radius 3 is 2.59 bits per heavy atom. The molecule has 1 N–H and O–H groups in total. The van der Waals surface area contributed by atoms with E-state index in [1.807, 2.05) is 0 Å². The van der Waals surface area contributed by atoms with Gasteiger partial charge in [-0.25, -0.2) is 13.2 Å². The molecule has 0 unspecified atom stereocenters. The summed E-state index contributed by atoms with van der Waals surface area (Å²) >= 11 is 0. The lowest BCUT2D eigenvalue weighted by atomic mass is 10.1. The van der Waals surface area contributed by atoms with E-state index in [2.05, 4.69) is 14.7 Å². The van der Waals surface area contributed by atoms with E-state index in [0.29, 0.717) is 4.90 Å². The highest BCUT2D eigenvalue weighted by Gasteiger charge is 2.58. The highest BCUT2D eigenvalue weighted by atomic mass is 32.2. The Morgan fingerprint density at radius 1 is 1.45 bits per heavy atom. The fourth-order valence-corrected chi connectivity index (χ4v) is 4.11. The maximum absolute atomic E-state index is 12.2. The smallest absolute Gasteiger partial charge is 0.352 e. The molecule has 0 radical (unpaired) electrons. The van der Waals surface area contributed by atoms with E-state index in [9.17, 15) is 27.9 Å². The van der Waals surface area contributed by atoms with Crippen molar-refractivity contribution < 1.29 is 37.5 Å². The third-order valence-electron chi connectivity index (χ3n) is 3.04. The first kappa shape index (κ1) is 15.9. The molecule has 0 aromatic carbocycles. The van der Waals surface area contributed by atoms with Gasteiger partial charge in [0.15, 0.2) is 20.9 Å². The van der Waals surface area contributed by atoms with Crippen molar-refractivity contribution in [2.24, 2.45) is 5.16 Å². The summed E-state index contributed by atoms with van der Waals surface area (Å²) in [6.45, 7) is 0.572. The zero-order valence-electron chi connectivity index (χ0n) is 11.6. The van der Waals surface area contributed by atoms with E-state index >= 15 is 0 Å². The van der Waals surface area contributed by atoms with Gasteiger partial charge in [0.1, 0.15) is 19.4 Å². The zero-order valence-corrected chi connectivity index (χ0v) is 12.4. The molecule has 0 aliphatic carbocycles. The van der Waals surface area contributed by atoms with Crippen molar-refractivity contribution in [2.75, 3.05) is 19.5 Å². The molecule has 10 nitrogen and oxygen atoms in total. The van der Waals surface area contributed by atoms with Gasteiger partial charge in [-0.3, -0.25) is 14.5 Å². The second kappa shape index (κ2) is 5.40. The molecule has 1 atom stereocenters. The number of rotatable bonds is 4. The molecule has 120 valence electrons. The first-order valence-corrected chi connectivity index (χ1v) is 7.67. The van der Waals surface area contributed by atoms with Crippen LogP contribution in [0.25, 0.3) is 0 Å². The molecule has 1 amide bonds. The molecule has 1 saturated heterocycles. The van der Waals surface area contributed by atoms with E-state index in [4.69, 9.17) is 0 Å². The summed E-state index contributed by atoms with van der Waals surface area (Å²) < 4.78 is 29.1. The lowest BCUT2D eigenvalue weighted by Crippen LogP contribution is -2.68. The molecule has 0 spiro atoms. The van der Waals surface area contributed by atoms with Gasteiger partial charge < -0.3 is 14.7 Å². The van der Waals surface area contributed by atoms with Crippen molar-refractivity contribution in [1.82, 2.24) is 4.90 Å². The van der Waals surface area contributed by atoms with Crippen molar-refractivity contribution >= 4 is 33.4 Å². The van der Waals surface area contributed by atoms with Gasteiger partial charge in [-0.15, -0.1) is 0 Å². The van der Waals surface area contributed by atoms with Crippen molar-refractivity contribution in [3.63, 3.8) is 0 Å². The minimum absolute atomic E-state index is 0.177. The second-order valence-corrected chi connectivity index (χ2v) is 6.59. The summed E-state index contributed by atoms with van der Waals surface area (Å²) in [5.74, 6) is -3.73. The molecule has 2 aliphatic heterocycles. The highest BCUT2D eigenvalue weighted by molar-refractivity contribution is 7.93. The average Bonchev–Trinajstić information content (AvgIpc) is 2.40. The Morgan fingerprint density at radius 2 is 2.09 bits per heavy atom. The van der Waals surface area contributed by atoms with E-state index in [-0.39, 0.29) is 11.3 Å². The number of ether oxygens (including phenoxy) is 1. The number of hydrogen-bond donors (Lipinski definition) is 1. The van der Waals surface area contributed by atoms with Crippen LogP contribution in [0.4, 0.5) is 0 Å². The van der Waals surface area contributed by atoms with Crippen molar-refractivity contribution in [3.8, 4) is 0 Å². The summed E-state index contributed by atoms with van der Waals surface area (Å²) in [5, 5.41) is 11.1. The first-order chi connectivity index (χ1) is 10.2. The number of nitrogens with zero attached hydrogens (tertiary/aromatic N) is 2. The number of carboxylic acid groups (broad SMARTS) is 1. The molecular weight excluding hydrogens is 320 g/mol. The fraction of sp³-hybridized carbons (Fsp3) is 0.455. The molecule has 0 aromatic heterocycles. The van der Waals surface area contributed by atoms with Crippen LogP contribution in [0, 0.1) is 0 Å². The molecular formula is C11H12N2O8S. The number of esters is 1. The number of hydrogen-bond acceptors (Lipinski definition) is 8. The normalized spacial score (nSPS) is 24.6. The number of β-lactam (4-membered cyclic amide) rings is 1. The van der Waals surface area contributed by atoms with Crippen LogP contribution in [0.1, 0.15) is 6.92 Å². The molecule has 2 heterocycles. The van der Waals surface area contributed by atoms with E-state index in [1.165, 1.54) is 0 Å². The lowest BCUT2D eigenvalue weighted by molar-refractivity contribution is -0.141. The average molecular weight is 332 g/mol. The minimum atomic E-state index is -3.91. The summed E-state index contributed by atoms with van der Waals surface area (Å²) in [5.41, 5.74) is -1.07. The summed E-state index contributed by atoms with van der Waals surface area (Å²) in [7, 11) is -2.77. The van der Waals surface area contributed by atoms with Gasteiger partial charge in [0.05, 0.1) is 5.75 Å². The maximum Gasteiger partial charge on any atom is 0.352 e. The van der Waals surface area contributed by atoms with E-state index < -0.39 is 51.1 Å². The highest BCUT2D eigenvalue weighted by Crippen LogP contribution is 2.35. The van der Waals surface area contributed by atoms with Gasteiger partial charge in [-0.2, -0.15) is 0 Å². The van der Waals surface area contributed by atoms with Gasteiger partial charge in [0, 0.05) is 12.5 Å². The first-order valence-electron chi connectivity index (χ1n) is 5.95. The number of carboxylic acids is 1. The number of aliphatic carboxylic acids is 1. The van der Waals surface area contributed by atoms with Gasteiger partial charge in [-0.05, 0) is 0 Å². The molecule has 0 saturated carbocycles. The van der Waals surface area contributed by atoms with Crippen LogP contribution in [-0.2, 0) is 33.8 Å². The van der Waals surface area contributed by atoms with E-state index in [1.54, 1.807) is 0 Å². The maximum atomic E-state index is 12.2. The molecule has 0 aromatic rings. The summed E-state index contributed by atoms with van der Waals surface area (Å²) in [4.78, 5) is 39.1. The van der Waals surface area contributed by atoms with Gasteiger partial charge in [0.25, 0.3) is 5.91 Å². The van der Waals surface area contributed by atoms with Crippen LogP contribution >= 0.6 is 0 Å². The number of carbonyl (C=O) groups is 3. The SMILES string of the molecule is CON=C1C(=O)N2C(C(=O)O)=C(COC(C)=O)CS(=O)(=O)[C@H]12. The lowest BCUT2D eigenvalue weighted by Gasteiger charge is -2.43. The molecule has 11 heteroatoms. The molecule has 2 rings (SSSR count).